The van der Waals surface area contributed by atoms with Crippen LogP contribution in [0.15, 0.2) is 83.8 Å². The molecule has 1 N–H and O–H groups in total. The van der Waals surface area contributed by atoms with Gasteiger partial charge in [-0.15, -0.1) is 0 Å². The molecule has 0 saturated carbocycles. The predicted octanol–water partition coefficient (Wildman–Crippen LogP) is 4.31. The van der Waals surface area contributed by atoms with Gasteiger partial charge in [-0.3, -0.25) is 0 Å². The minimum absolute atomic E-state index is 0.315. The van der Waals surface area contributed by atoms with Gasteiger partial charge < -0.3 is 5.32 Å². The standard InChI is InChI=1S/C22H19N3O2S/c1-28(26,27)18-13-11-16(12-14-18)15-23-22-19-9-5-6-10-20(19)24-21(25-22)17-7-3-2-4-8-17/h2-14H,15H2,1H3,(H,23,24,25). The summed E-state index contributed by atoms with van der Waals surface area (Å²) in [6.07, 6.45) is 1.21. The molecule has 0 aliphatic heterocycles. The highest BCUT2D eigenvalue weighted by atomic mass is 32.2. The molecule has 5 nitrogen and oxygen atoms in total. The zero-order chi connectivity index (χ0) is 19.6. The molecule has 0 unspecified atom stereocenters. The smallest absolute Gasteiger partial charge is 0.175 e. The van der Waals surface area contributed by atoms with E-state index < -0.39 is 9.84 Å². The van der Waals surface area contributed by atoms with Crippen molar-refractivity contribution in [3.05, 3.63) is 84.4 Å². The van der Waals surface area contributed by atoms with E-state index in [4.69, 9.17) is 4.98 Å². The zero-order valence-corrected chi connectivity index (χ0v) is 16.1. The van der Waals surface area contributed by atoms with Gasteiger partial charge in [0.15, 0.2) is 15.7 Å². The molecule has 0 atom stereocenters. The number of nitrogens with one attached hydrogen (secondary N) is 1. The molecule has 0 amide bonds. The third-order valence-corrected chi connectivity index (χ3v) is 5.58. The fourth-order valence-electron chi connectivity index (χ4n) is 2.97. The normalized spacial score (nSPS) is 11.5. The highest BCUT2D eigenvalue weighted by Crippen LogP contribution is 2.25. The van der Waals surface area contributed by atoms with Gasteiger partial charge in [-0.1, -0.05) is 54.6 Å². The number of hydrogen-bond acceptors (Lipinski definition) is 5. The minimum Gasteiger partial charge on any atom is -0.365 e. The van der Waals surface area contributed by atoms with Crippen molar-refractivity contribution in [1.82, 2.24) is 9.97 Å². The van der Waals surface area contributed by atoms with Crippen molar-refractivity contribution in [2.24, 2.45) is 0 Å². The van der Waals surface area contributed by atoms with E-state index in [1.165, 1.54) is 6.26 Å². The molecule has 0 aliphatic carbocycles. The van der Waals surface area contributed by atoms with Crippen LogP contribution in [0.2, 0.25) is 0 Å². The summed E-state index contributed by atoms with van der Waals surface area (Å²) in [5, 5.41) is 4.31. The zero-order valence-electron chi connectivity index (χ0n) is 15.3. The van der Waals surface area contributed by atoms with Gasteiger partial charge in [-0.2, -0.15) is 0 Å². The first-order valence-electron chi connectivity index (χ1n) is 8.86. The first kappa shape index (κ1) is 18.1. The molecule has 0 spiro atoms. The fourth-order valence-corrected chi connectivity index (χ4v) is 3.60. The van der Waals surface area contributed by atoms with Crippen molar-refractivity contribution in [3.8, 4) is 11.4 Å². The molecule has 4 aromatic rings. The van der Waals surface area contributed by atoms with E-state index in [1.54, 1.807) is 12.1 Å². The Balaban J connectivity index is 1.66. The summed E-state index contributed by atoms with van der Waals surface area (Å²) in [5.74, 6) is 1.41. The van der Waals surface area contributed by atoms with Crippen LogP contribution in [0.3, 0.4) is 0 Å². The number of rotatable bonds is 5. The van der Waals surface area contributed by atoms with E-state index in [0.29, 0.717) is 17.3 Å². The van der Waals surface area contributed by atoms with E-state index in [2.05, 4.69) is 10.3 Å². The Hall–Kier alpha value is -3.25. The quantitative estimate of drug-likeness (QED) is 0.551. The van der Waals surface area contributed by atoms with Crippen LogP contribution in [0.5, 0.6) is 0 Å². The van der Waals surface area contributed by atoms with Gasteiger partial charge in [0, 0.05) is 23.8 Å². The van der Waals surface area contributed by atoms with E-state index in [-0.39, 0.29) is 0 Å². The van der Waals surface area contributed by atoms with Crippen molar-refractivity contribution >= 4 is 26.6 Å². The molecular formula is C22H19N3O2S. The maximum Gasteiger partial charge on any atom is 0.175 e. The van der Waals surface area contributed by atoms with Gasteiger partial charge in [0.2, 0.25) is 0 Å². The first-order chi connectivity index (χ1) is 13.5. The molecule has 0 saturated heterocycles. The molecule has 140 valence electrons. The molecule has 0 aliphatic rings. The van der Waals surface area contributed by atoms with Crippen LogP contribution in [-0.2, 0) is 16.4 Å². The Morgan fingerprint density at radius 2 is 1.50 bits per heavy atom. The maximum absolute atomic E-state index is 11.6. The first-order valence-corrected chi connectivity index (χ1v) is 10.7. The van der Waals surface area contributed by atoms with Crippen molar-refractivity contribution in [3.63, 3.8) is 0 Å². The number of benzene rings is 3. The van der Waals surface area contributed by atoms with Crippen LogP contribution in [0.1, 0.15) is 5.56 Å². The van der Waals surface area contributed by atoms with Crippen molar-refractivity contribution in [2.75, 3.05) is 11.6 Å². The molecule has 6 heteroatoms. The Kier molecular flexibility index (Phi) is 4.79. The van der Waals surface area contributed by atoms with Gasteiger partial charge in [-0.25, -0.2) is 18.4 Å². The summed E-state index contributed by atoms with van der Waals surface area (Å²) in [5.41, 5.74) is 2.79. The van der Waals surface area contributed by atoms with Crippen molar-refractivity contribution in [2.45, 2.75) is 11.4 Å². The number of aromatic nitrogens is 2. The fraction of sp³-hybridized carbons (Fsp3) is 0.0909. The van der Waals surface area contributed by atoms with Gasteiger partial charge in [0.05, 0.1) is 10.4 Å². The van der Waals surface area contributed by atoms with E-state index >= 15 is 0 Å². The number of para-hydroxylation sites is 1. The summed E-state index contributed by atoms with van der Waals surface area (Å²) in [6, 6.07) is 24.6. The summed E-state index contributed by atoms with van der Waals surface area (Å²) < 4.78 is 23.2. The molecule has 0 radical (unpaired) electrons. The van der Waals surface area contributed by atoms with Gasteiger partial charge in [-0.05, 0) is 29.8 Å². The Labute approximate surface area is 164 Å². The average molecular weight is 389 g/mol. The topological polar surface area (TPSA) is 72.0 Å². The summed E-state index contributed by atoms with van der Waals surface area (Å²) in [7, 11) is -3.19. The molecular weight excluding hydrogens is 370 g/mol. The largest absolute Gasteiger partial charge is 0.365 e. The second kappa shape index (κ2) is 7.40. The summed E-state index contributed by atoms with van der Waals surface area (Å²) in [4.78, 5) is 9.72. The van der Waals surface area contributed by atoms with Crippen LogP contribution < -0.4 is 5.32 Å². The molecule has 28 heavy (non-hydrogen) atoms. The monoisotopic (exact) mass is 389 g/mol. The lowest BCUT2D eigenvalue weighted by atomic mass is 10.1. The van der Waals surface area contributed by atoms with E-state index in [0.717, 1.165) is 27.8 Å². The average Bonchev–Trinajstić information content (AvgIpc) is 2.72. The van der Waals surface area contributed by atoms with Crippen molar-refractivity contribution < 1.29 is 8.42 Å². The number of fused-ring (bicyclic) bond motifs is 1. The molecule has 0 fully saturated rings. The van der Waals surface area contributed by atoms with Crippen LogP contribution in [-0.4, -0.2) is 24.6 Å². The van der Waals surface area contributed by atoms with Gasteiger partial charge in [0.1, 0.15) is 5.82 Å². The third kappa shape index (κ3) is 3.87. The minimum atomic E-state index is -3.19. The summed E-state index contributed by atoms with van der Waals surface area (Å²) in [6.45, 7) is 0.527. The lowest BCUT2D eigenvalue weighted by Gasteiger charge is -2.11. The van der Waals surface area contributed by atoms with Gasteiger partial charge in [0.25, 0.3) is 0 Å². The molecule has 4 rings (SSSR count). The number of sulfone groups is 1. The van der Waals surface area contributed by atoms with E-state index in [1.807, 2.05) is 66.7 Å². The summed E-state index contributed by atoms with van der Waals surface area (Å²) >= 11 is 0. The number of hydrogen-bond donors (Lipinski definition) is 1. The van der Waals surface area contributed by atoms with Crippen LogP contribution >= 0.6 is 0 Å². The highest BCUT2D eigenvalue weighted by molar-refractivity contribution is 7.90. The second-order valence-corrected chi connectivity index (χ2v) is 8.56. The second-order valence-electron chi connectivity index (χ2n) is 6.55. The molecule has 0 bridgehead atoms. The third-order valence-electron chi connectivity index (χ3n) is 4.45. The van der Waals surface area contributed by atoms with Crippen molar-refractivity contribution in [1.29, 1.82) is 0 Å². The van der Waals surface area contributed by atoms with Crippen LogP contribution in [0.4, 0.5) is 5.82 Å². The molecule has 3 aromatic carbocycles. The van der Waals surface area contributed by atoms with Crippen LogP contribution in [0.25, 0.3) is 22.3 Å². The van der Waals surface area contributed by atoms with Gasteiger partial charge >= 0.3 is 0 Å². The predicted molar refractivity (Wildman–Crippen MR) is 112 cm³/mol. The Bertz CT molecular complexity index is 1220. The Morgan fingerprint density at radius 3 is 2.21 bits per heavy atom. The lowest BCUT2D eigenvalue weighted by Crippen LogP contribution is -2.05. The number of nitrogens with zero attached hydrogens (tertiary/aromatic N) is 2. The lowest BCUT2D eigenvalue weighted by molar-refractivity contribution is 0.602. The maximum atomic E-state index is 11.6. The van der Waals surface area contributed by atoms with Crippen LogP contribution in [0, 0.1) is 0 Å². The molecule has 1 heterocycles. The number of anilines is 1. The highest BCUT2D eigenvalue weighted by Gasteiger charge is 2.10. The van der Waals surface area contributed by atoms with E-state index in [9.17, 15) is 8.42 Å². The Morgan fingerprint density at radius 1 is 0.821 bits per heavy atom. The molecule has 1 aromatic heterocycles. The SMILES string of the molecule is CS(=O)(=O)c1ccc(CNc2nc(-c3ccccc3)nc3ccccc23)cc1.